The van der Waals surface area contributed by atoms with Crippen molar-refractivity contribution >= 4 is 34.1 Å². The van der Waals surface area contributed by atoms with Crippen molar-refractivity contribution < 1.29 is 19.5 Å². The lowest BCUT2D eigenvalue weighted by Gasteiger charge is -2.45. The highest BCUT2D eigenvalue weighted by molar-refractivity contribution is 7.17. The number of primary amides is 1. The van der Waals surface area contributed by atoms with Gasteiger partial charge in [0.1, 0.15) is 5.00 Å². The average molecular weight is 427 g/mol. The van der Waals surface area contributed by atoms with E-state index in [0.717, 1.165) is 47.3 Å². The van der Waals surface area contributed by atoms with Gasteiger partial charge < -0.3 is 16.2 Å². The number of hydrogen-bond donors (Lipinski definition) is 3. The maximum absolute atomic E-state index is 13.2. The van der Waals surface area contributed by atoms with E-state index in [1.54, 1.807) is 0 Å². The normalized spacial score (nSPS) is 25.1. The summed E-state index contributed by atoms with van der Waals surface area (Å²) in [6, 6.07) is 7.79. The third-order valence-corrected chi connectivity index (χ3v) is 7.74. The van der Waals surface area contributed by atoms with Crippen LogP contribution in [0.2, 0.25) is 0 Å². The van der Waals surface area contributed by atoms with Crippen LogP contribution in [0.3, 0.4) is 0 Å². The molecule has 5 rings (SSSR count). The average Bonchev–Trinajstić information content (AvgIpc) is 3.04. The quantitative estimate of drug-likeness (QED) is 0.665. The minimum absolute atomic E-state index is 0.0482. The number of carbonyl (C=O) groups excluding carboxylic acids is 2. The van der Waals surface area contributed by atoms with E-state index in [1.807, 2.05) is 38.1 Å². The zero-order chi connectivity index (χ0) is 21.6. The van der Waals surface area contributed by atoms with Crippen LogP contribution < -0.4 is 11.1 Å². The van der Waals surface area contributed by atoms with Crippen molar-refractivity contribution in [2.45, 2.75) is 39.5 Å². The Morgan fingerprint density at radius 2 is 1.57 bits per heavy atom. The fourth-order valence-electron chi connectivity index (χ4n) is 5.31. The van der Waals surface area contributed by atoms with Gasteiger partial charge in [-0.3, -0.25) is 14.4 Å². The maximum atomic E-state index is 13.2. The molecule has 158 valence electrons. The number of rotatable bonds is 5. The molecule has 0 spiro atoms. The summed E-state index contributed by atoms with van der Waals surface area (Å²) in [6.07, 6.45) is 3.50. The minimum atomic E-state index is -0.901. The van der Waals surface area contributed by atoms with Crippen molar-refractivity contribution in [3.05, 3.63) is 40.3 Å². The Labute approximate surface area is 179 Å². The van der Waals surface area contributed by atoms with Gasteiger partial charge in [0.2, 0.25) is 5.91 Å². The number of nitrogens with two attached hydrogens (primary N) is 1. The third-order valence-electron chi connectivity index (χ3n) is 6.71. The van der Waals surface area contributed by atoms with Crippen molar-refractivity contribution in [3.8, 4) is 11.1 Å². The highest BCUT2D eigenvalue weighted by Gasteiger charge is 2.50. The fraction of sp³-hybridized carbons (Fsp3) is 0.435. The van der Waals surface area contributed by atoms with Gasteiger partial charge >= 0.3 is 5.97 Å². The van der Waals surface area contributed by atoms with Crippen molar-refractivity contribution in [2.24, 2.45) is 29.4 Å². The Kier molecular flexibility index (Phi) is 5.40. The molecule has 0 radical (unpaired) electrons. The van der Waals surface area contributed by atoms with E-state index >= 15 is 0 Å². The van der Waals surface area contributed by atoms with Crippen molar-refractivity contribution in [3.63, 3.8) is 0 Å². The summed E-state index contributed by atoms with van der Waals surface area (Å²) in [4.78, 5) is 38.4. The number of benzene rings is 1. The first-order chi connectivity index (χ1) is 14.3. The van der Waals surface area contributed by atoms with Crippen molar-refractivity contribution in [1.82, 2.24) is 0 Å². The molecule has 2 bridgehead atoms. The zero-order valence-corrected chi connectivity index (χ0v) is 17.9. The lowest BCUT2D eigenvalue weighted by molar-refractivity contribution is -0.156. The second-order valence-corrected chi connectivity index (χ2v) is 9.75. The summed E-state index contributed by atoms with van der Waals surface area (Å²) in [7, 11) is 0. The SMILES string of the molecule is Cc1ccc(-c2c(C)sc(NC(=O)[C@H]3C4CCC(CC4)[C@H]3C(=O)O)c2C(N)=O)cc1. The van der Waals surface area contributed by atoms with Gasteiger partial charge in [-0.1, -0.05) is 29.8 Å². The molecule has 7 heteroatoms. The minimum Gasteiger partial charge on any atom is -0.481 e. The smallest absolute Gasteiger partial charge is 0.307 e. The molecule has 6 nitrogen and oxygen atoms in total. The van der Waals surface area contributed by atoms with E-state index in [-0.39, 0.29) is 17.7 Å². The predicted octanol–water partition coefficient (Wildman–Crippen LogP) is 4.21. The molecule has 0 unspecified atom stereocenters. The number of amides is 2. The second kappa shape index (κ2) is 7.87. The first kappa shape index (κ1) is 20.6. The van der Waals surface area contributed by atoms with Crippen LogP contribution in [0.1, 0.15) is 46.5 Å². The number of carboxylic acids is 1. The molecule has 1 aromatic carbocycles. The summed E-state index contributed by atoms with van der Waals surface area (Å²) in [6.45, 7) is 3.88. The summed E-state index contributed by atoms with van der Waals surface area (Å²) < 4.78 is 0. The molecule has 2 atom stereocenters. The standard InChI is InChI=1S/C23H26N2O4S/c1-11-3-5-13(6-4-11)16-12(2)30-22(19(16)20(24)26)25-21(27)17-14-7-9-15(10-8-14)18(17)23(28)29/h3-6,14-15,17-18H,7-10H2,1-2H3,(H2,24,26)(H,25,27)(H,28,29)/t14?,15?,17-,18+/m0/s1. The highest BCUT2D eigenvalue weighted by Crippen LogP contribution is 2.50. The number of carboxylic acid groups (broad SMARTS) is 1. The number of hydrogen-bond acceptors (Lipinski definition) is 4. The van der Waals surface area contributed by atoms with Crippen LogP contribution >= 0.6 is 11.3 Å². The van der Waals surface area contributed by atoms with Crippen molar-refractivity contribution in [2.75, 3.05) is 5.32 Å². The zero-order valence-electron chi connectivity index (χ0n) is 17.1. The number of aliphatic carboxylic acids is 1. The van der Waals surface area contributed by atoms with Gasteiger partial charge in [0.05, 0.1) is 17.4 Å². The van der Waals surface area contributed by atoms with E-state index in [9.17, 15) is 19.5 Å². The Bertz CT molecular complexity index is 1000. The lowest BCUT2D eigenvalue weighted by atomic mass is 9.58. The molecule has 1 heterocycles. The van der Waals surface area contributed by atoms with Crippen LogP contribution in [0.15, 0.2) is 24.3 Å². The van der Waals surface area contributed by atoms with Gasteiger partial charge in [-0.05, 0) is 56.9 Å². The predicted molar refractivity (Wildman–Crippen MR) is 116 cm³/mol. The summed E-state index contributed by atoms with van der Waals surface area (Å²) in [5.41, 5.74) is 8.70. The van der Waals surface area contributed by atoms with Crippen LogP contribution in [0.4, 0.5) is 5.00 Å². The van der Waals surface area contributed by atoms with Gasteiger partial charge in [0, 0.05) is 10.4 Å². The maximum Gasteiger partial charge on any atom is 0.307 e. The largest absolute Gasteiger partial charge is 0.481 e. The molecule has 4 N–H and O–H groups in total. The number of thiophene rings is 1. The van der Waals surface area contributed by atoms with Gasteiger partial charge in [0.25, 0.3) is 5.91 Å². The number of aryl methyl sites for hydroxylation is 2. The molecule has 2 amide bonds. The molecule has 3 aliphatic rings. The Hall–Kier alpha value is -2.67. The van der Waals surface area contributed by atoms with Gasteiger partial charge in [0.15, 0.2) is 0 Å². The molecule has 30 heavy (non-hydrogen) atoms. The first-order valence-electron chi connectivity index (χ1n) is 10.3. The number of nitrogens with one attached hydrogen (secondary N) is 1. The Morgan fingerprint density at radius 1 is 1.00 bits per heavy atom. The van der Waals surface area contributed by atoms with E-state index < -0.39 is 23.7 Å². The van der Waals surface area contributed by atoms with Gasteiger partial charge in [-0.25, -0.2) is 0 Å². The molecular formula is C23H26N2O4S. The van der Waals surface area contributed by atoms with Crippen LogP contribution in [0.25, 0.3) is 11.1 Å². The monoisotopic (exact) mass is 426 g/mol. The van der Waals surface area contributed by atoms with Crippen LogP contribution in [0.5, 0.6) is 0 Å². The molecule has 0 saturated heterocycles. The molecule has 3 fully saturated rings. The van der Waals surface area contributed by atoms with Gasteiger partial charge in [-0.2, -0.15) is 0 Å². The fourth-order valence-corrected chi connectivity index (χ4v) is 6.40. The van der Waals surface area contributed by atoms with Crippen LogP contribution in [0, 0.1) is 37.5 Å². The topological polar surface area (TPSA) is 109 Å². The third kappa shape index (κ3) is 3.51. The summed E-state index contributed by atoms with van der Waals surface area (Å²) >= 11 is 1.31. The molecule has 2 aromatic rings. The van der Waals surface area contributed by atoms with E-state index in [2.05, 4.69) is 5.32 Å². The number of anilines is 1. The summed E-state index contributed by atoms with van der Waals surface area (Å²) in [5.74, 6) is -2.92. The molecule has 1 aromatic heterocycles. The second-order valence-electron chi connectivity index (χ2n) is 8.52. The van der Waals surface area contributed by atoms with Crippen LogP contribution in [-0.2, 0) is 9.59 Å². The van der Waals surface area contributed by atoms with E-state index in [1.165, 1.54) is 11.3 Å². The van der Waals surface area contributed by atoms with Crippen LogP contribution in [-0.4, -0.2) is 22.9 Å². The molecule has 3 saturated carbocycles. The lowest BCUT2D eigenvalue weighted by Crippen LogP contribution is -2.49. The molecular weight excluding hydrogens is 400 g/mol. The van der Waals surface area contributed by atoms with Gasteiger partial charge in [-0.15, -0.1) is 11.3 Å². The van der Waals surface area contributed by atoms with E-state index in [0.29, 0.717) is 10.6 Å². The number of carbonyl (C=O) groups is 3. The molecule has 3 aliphatic carbocycles. The summed E-state index contributed by atoms with van der Waals surface area (Å²) in [5, 5.41) is 13.1. The molecule has 0 aliphatic heterocycles. The first-order valence-corrected chi connectivity index (χ1v) is 11.1. The van der Waals surface area contributed by atoms with E-state index in [4.69, 9.17) is 5.73 Å². The Balaban J connectivity index is 1.68. The highest BCUT2D eigenvalue weighted by atomic mass is 32.1. The number of fused-ring (bicyclic) bond motifs is 3. The van der Waals surface area contributed by atoms with Crippen molar-refractivity contribution in [1.29, 1.82) is 0 Å². The Morgan fingerprint density at radius 3 is 2.10 bits per heavy atom.